The fourth-order valence-corrected chi connectivity index (χ4v) is 2.65. The Bertz CT molecular complexity index is 979. The predicted molar refractivity (Wildman–Crippen MR) is 85.3 cm³/mol. The fraction of sp³-hybridized carbons (Fsp3) is 0.0625. The van der Waals surface area contributed by atoms with Crippen molar-refractivity contribution in [3.05, 3.63) is 53.8 Å². The third-order valence-corrected chi connectivity index (χ3v) is 3.82. The molecule has 0 saturated carbocycles. The molecule has 2 aromatic carbocycles. The number of aromatic nitrogens is 4. The van der Waals surface area contributed by atoms with E-state index in [1.807, 2.05) is 42.5 Å². The number of benzene rings is 2. The zero-order valence-electron chi connectivity index (χ0n) is 11.7. The second kappa shape index (κ2) is 4.96. The monoisotopic (exact) mass is 310 g/mol. The van der Waals surface area contributed by atoms with Crippen molar-refractivity contribution >= 4 is 28.2 Å². The summed E-state index contributed by atoms with van der Waals surface area (Å²) in [6.45, 7) is 0. The van der Waals surface area contributed by atoms with Gasteiger partial charge < -0.3 is 4.74 Å². The van der Waals surface area contributed by atoms with Gasteiger partial charge in [0, 0.05) is 5.56 Å². The van der Waals surface area contributed by atoms with Gasteiger partial charge in [0.2, 0.25) is 0 Å². The van der Waals surface area contributed by atoms with Crippen LogP contribution in [0.4, 0.5) is 0 Å². The Morgan fingerprint density at radius 2 is 1.91 bits per heavy atom. The highest BCUT2D eigenvalue weighted by molar-refractivity contribution is 6.36. The lowest BCUT2D eigenvalue weighted by atomic mass is 10.2. The van der Waals surface area contributed by atoms with E-state index in [2.05, 4.69) is 15.1 Å². The summed E-state index contributed by atoms with van der Waals surface area (Å²) in [6.07, 6.45) is 1.65. The van der Waals surface area contributed by atoms with E-state index in [9.17, 15) is 0 Å². The van der Waals surface area contributed by atoms with E-state index in [1.54, 1.807) is 18.0 Å². The number of rotatable bonds is 2. The quantitative estimate of drug-likeness (QED) is 0.567. The molecular formula is C16H11ClN4O. The molecule has 22 heavy (non-hydrogen) atoms. The summed E-state index contributed by atoms with van der Waals surface area (Å²) in [6, 6.07) is 13.2. The van der Waals surface area contributed by atoms with Crippen molar-refractivity contribution in [3.63, 3.8) is 0 Å². The molecule has 4 aromatic rings. The molecule has 0 unspecified atom stereocenters. The summed E-state index contributed by atoms with van der Waals surface area (Å²) in [4.78, 5) is 8.97. The van der Waals surface area contributed by atoms with Crippen LogP contribution < -0.4 is 4.74 Å². The van der Waals surface area contributed by atoms with Crippen LogP contribution >= 0.6 is 11.6 Å². The number of hydrogen-bond acceptors (Lipinski definition) is 4. The van der Waals surface area contributed by atoms with Crippen molar-refractivity contribution in [1.29, 1.82) is 0 Å². The van der Waals surface area contributed by atoms with Gasteiger partial charge in [0.05, 0.1) is 23.0 Å². The maximum absolute atomic E-state index is 6.29. The largest absolute Gasteiger partial charge is 0.497 e. The highest BCUT2D eigenvalue weighted by Crippen LogP contribution is 2.27. The third kappa shape index (κ3) is 1.98. The second-order valence-corrected chi connectivity index (χ2v) is 5.22. The SMILES string of the molecule is COc1ccc(-c2nc3c4c(Cl)cccc4ncn3n2)cc1. The molecular weight excluding hydrogens is 300 g/mol. The first-order chi connectivity index (χ1) is 10.8. The first-order valence-corrected chi connectivity index (χ1v) is 7.08. The van der Waals surface area contributed by atoms with E-state index >= 15 is 0 Å². The van der Waals surface area contributed by atoms with Gasteiger partial charge in [-0.2, -0.15) is 0 Å². The number of halogens is 1. The molecule has 0 aliphatic rings. The van der Waals surface area contributed by atoms with Crippen LogP contribution in [0.25, 0.3) is 27.9 Å². The Morgan fingerprint density at radius 1 is 1.09 bits per heavy atom. The van der Waals surface area contributed by atoms with Gasteiger partial charge in [-0.15, -0.1) is 5.10 Å². The smallest absolute Gasteiger partial charge is 0.182 e. The minimum atomic E-state index is 0.615. The molecule has 0 atom stereocenters. The Morgan fingerprint density at radius 3 is 2.68 bits per heavy atom. The van der Waals surface area contributed by atoms with Crippen molar-refractivity contribution in [2.75, 3.05) is 7.11 Å². The normalized spacial score (nSPS) is 11.2. The van der Waals surface area contributed by atoms with Gasteiger partial charge in [0.25, 0.3) is 0 Å². The van der Waals surface area contributed by atoms with E-state index in [4.69, 9.17) is 16.3 Å². The van der Waals surface area contributed by atoms with Crippen LogP contribution in [0.15, 0.2) is 48.8 Å². The molecule has 0 bridgehead atoms. The number of methoxy groups -OCH3 is 1. The van der Waals surface area contributed by atoms with Crippen molar-refractivity contribution < 1.29 is 4.74 Å². The molecule has 0 N–H and O–H groups in total. The highest BCUT2D eigenvalue weighted by Gasteiger charge is 2.12. The topological polar surface area (TPSA) is 52.3 Å². The van der Waals surface area contributed by atoms with Gasteiger partial charge in [-0.05, 0) is 36.4 Å². The molecule has 0 saturated heterocycles. The maximum Gasteiger partial charge on any atom is 0.182 e. The minimum Gasteiger partial charge on any atom is -0.497 e. The standard InChI is InChI=1S/C16H11ClN4O/c1-22-11-7-5-10(6-8-11)15-19-16-14-12(17)3-2-4-13(14)18-9-21(16)20-15/h2-9H,1H3. The summed E-state index contributed by atoms with van der Waals surface area (Å²) < 4.78 is 6.81. The molecule has 0 radical (unpaired) electrons. The summed E-state index contributed by atoms with van der Waals surface area (Å²) in [5.74, 6) is 1.42. The van der Waals surface area contributed by atoms with Gasteiger partial charge in [-0.25, -0.2) is 14.5 Å². The highest BCUT2D eigenvalue weighted by atomic mass is 35.5. The number of fused-ring (bicyclic) bond motifs is 3. The minimum absolute atomic E-state index is 0.615. The Hall–Kier alpha value is -2.66. The molecule has 6 heteroatoms. The van der Waals surface area contributed by atoms with Crippen LogP contribution in [0.3, 0.4) is 0 Å². The van der Waals surface area contributed by atoms with Crippen LogP contribution in [-0.4, -0.2) is 26.7 Å². The predicted octanol–water partition coefficient (Wildman–Crippen LogP) is 3.61. The van der Waals surface area contributed by atoms with E-state index in [1.165, 1.54) is 0 Å². The summed E-state index contributed by atoms with van der Waals surface area (Å²) in [5, 5.41) is 5.89. The van der Waals surface area contributed by atoms with E-state index in [0.717, 1.165) is 22.2 Å². The summed E-state index contributed by atoms with van der Waals surface area (Å²) >= 11 is 6.29. The van der Waals surface area contributed by atoms with E-state index in [-0.39, 0.29) is 0 Å². The van der Waals surface area contributed by atoms with E-state index < -0.39 is 0 Å². The number of nitrogens with zero attached hydrogens (tertiary/aromatic N) is 4. The van der Waals surface area contributed by atoms with Crippen LogP contribution in [0.5, 0.6) is 5.75 Å². The molecule has 5 nitrogen and oxygen atoms in total. The van der Waals surface area contributed by atoms with Gasteiger partial charge in [-0.1, -0.05) is 17.7 Å². The number of ether oxygens (including phenoxy) is 1. The fourth-order valence-electron chi connectivity index (χ4n) is 2.40. The molecule has 4 rings (SSSR count). The van der Waals surface area contributed by atoms with Crippen molar-refractivity contribution in [3.8, 4) is 17.1 Å². The van der Waals surface area contributed by atoms with Gasteiger partial charge in [-0.3, -0.25) is 0 Å². The average Bonchev–Trinajstić information content (AvgIpc) is 2.99. The molecule has 0 spiro atoms. The van der Waals surface area contributed by atoms with Crippen LogP contribution in [-0.2, 0) is 0 Å². The number of hydrogen-bond donors (Lipinski definition) is 0. The third-order valence-electron chi connectivity index (χ3n) is 3.50. The Balaban J connectivity index is 1.94. The molecule has 2 heterocycles. The Labute approximate surface area is 131 Å². The molecule has 108 valence electrons. The lowest BCUT2D eigenvalue weighted by molar-refractivity contribution is 0.415. The van der Waals surface area contributed by atoms with E-state index in [0.29, 0.717) is 16.5 Å². The van der Waals surface area contributed by atoms with Gasteiger partial charge >= 0.3 is 0 Å². The maximum atomic E-state index is 6.29. The second-order valence-electron chi connectivity index (χ2n) is 4.81. The lowest BCUT2D eigenvalue weighted by Crippen LogP contribution is -1.91. The van der Waals surface area contributed by atoms with Crippen molar-refractivity contribution in [2.45, 2.75) is 0 Å². The Kier molecular flexibility index (Phi) is 2.94. The molecule has 0 fully saturated rings. The molecule has 0 aliphatic heterocycles. The molecule has 2 aromatic heterocycles. The van der Waals surface area contributed by atoms with Gasteiger partial charge in [0.1, 0.15) is 12.1 Å². The van der Waals surface area contributed by atoms with Crippen LogP contribution in [0, 0.1) is 0 Å². The van der Waals surface area contributed by atoms with Crippen LogP contribution in [0.2, 0.25) is 5.02 Å². The molecule has 0 amide bonds. The first kappa shape index (κ1) is 13.0. The zero-order chi connectivity index (χ0) is 15.1. The lowest BCUT2D eigenvalue weighted by Gasteiger charge is -1.99. The first-order valence-electron chi connectivity index (χ1n) is 6.70. The van der Waals surface area contributed by atoms with Crippen molar-refractivity contribution in [2.24, 2.45) is 0 Å². The van der Waals surface area contributed by atoms with Gasteiger partial charge in [0.15, 0.2) is 11.5 Å². The average molecular weight is 311 g/mol. The van der Waals surface area contributed by atoms with Crippen LogP contribution in [0.1, 0.15) is 0 Å². The van der Waals surface area contributed by atoms with Crippen molar-refractivity contribution in [1.82, 2.24) is 19.6 Å². The molecule has 0 aliphatic carbocycles. The zero-order valence-corrected chi connectivity index (χ0v) is 12.4. The summed E-state index contributed by atoms with van der Waals surface area (Å²) in [5.41, 5.74) is 2.40. The summed E-state index contributed by atoms with van der Waals surface area (Å²) in [7, 11) is 1.64.